The van der Waals surface area contributed by atoms with E-state index in [1.54, 1.807) is 0 Å². The molecule has 0 aromatic carbocycles. The lowest BCUT2D eigenvalue weighted by Gasteiger charge is -2.20. The summed E-state index contributed by atoms with van der Waals surface area (Å²) in [6.45, 7) is 0. The molecule has 0 heterocycles. The molecule has 1 rings (SSSR count). The van der Waals surface area contributed by atoms with Crippen LogP contribution in [0.4, 0.5) is 0 Å². The van der Waals surface area contributed by atoms with Gasteiger partial charge in [0, 0.05) is 6.21 Å². The van der Waals surface area contributed by atoms with Crippen molar-refractivity contribution in [2.24, 2.45) is 10.3 Å². The van der Waals surface area contributed by atoms with Gasteiger partial charge in [0.1, 0.15) is 0 Å². The van der Waals surface area contributed by atoms with Gasteiger partial charge in [-0.15, -0.1) is 0 Å². The van der Waals surface area contributed by atoms with Crippen molar-refractivity contribution in [3.05, 3.63) is 0 Å². The number of nitrogens with zero attached hydrogens (tertiary/aromatic N) is 1. The van der Waals surface area contributed by atoms with E-state index < -0.39 is 0 Å². The summed E-state index contributed by atoms with van der Waals surface area (Å²) in [6.07, 6.45) is 11.6. The molecule has 0 aromatic rings. The van der Waals surface area contributed by atoms with Crippen molar-refractivity contribution in [2.75, 3.05) is 0 Å². The van der Waals surface area contributed by atoms with Gasteiger partial charge in [-0.1, -0.05) is 32.1 Å². The summed E-state index contributed by atoms with van der Waals surface area (Å²) < 4.78 is 3.69. The Morgan fingerprint density at radius 1 is 1.27 bits per heavy atom. The van der Waals surface area contributed by atoms with E-state index in [2.05, 4.69) is 17.2 Å². The second-order valence-corrected chi connectivity index (χ2v) is 3.61. The van der Waals surface area contributed by atoms with E-state index in [0.29, 0.717) is 0 Å². The minimum atomic E-state index is 0.982. The third kappa shape index (κ3) is 3.80. The molecule has 0 aromatic heterocycles. The van der Waals surface area contributed by atoms with Crippen LogP contribution in [0.25, 0.3) is 0 Å². The van der Waals surface area contributed by atoms with E-state index in [0.717, 1.165) is 12.3 Å². The maximum absolute atomic E-state index is 3.79. The summed E-state index contributed by atoms with van der Waals surface area (Å²) in [5.74, 6) is 0.982. The van der Waals surface area contributed by atoms with Gasteiger partial charge >= 0.3 is 0 Å². The maximum atomic E-state index is 3.79. The van der Waals surface area contributed by atoms with Crippen molar-refractivity contribution < 1.29 is 0 Å². The number of hydrogen-bond donors (Lipinski definition) is 1. The van der Waals surface area contributed by atoms with Gasteiger partial charge in [-0.3, -0.25) is 0 Å². The van der Waals surface area contributed by atoms with Gasteiger partial charge in [-0.05, 0) is 31.6 Å². The lowest BCUT2D eigenvalue weighted by Crippen LogP contribution is -2.05. The first kappa shape index (κ1) is 9.11. The average molecular weight is 171 g/mol. The minimum absolute atomic E-state index is 0.982. The highest BCUT2D eigenvalue weighted by atomic mass is 32.1. The normalized spacial score (nSPS) is 21.2. The molecule has 1 aliphatic carbocycles. The van der Waals surface area contributed by atoms with Gasteiger partial charge in [0.15, 0.2) is 0 Å². The van der Waals surface area contributed by atoms with E-state index in [9.17, 15) is 0 Å². The fourth-order valence-corrected chi connectivity index (χ4v) is 1.96. The van der Waals surface area contributed by atoms with Crippen molar-refractivity contribution in [1.82, 2.24) is 0 Å². The number of rotatable bonds is 3. The zero-order valence-electron chi connectivity index (χ0n) is 7.00. The highest BCUT2D eigenvalue weighted by molar-refractivity contribution is 7.78. The number of hydrogen-bond acceptors (Lipinski definition) is 2. The fourth-order valence-electron chi connectivity index (χ4n) is 1.84. The van der Waals surface area contributed by atoms with Crippen LogP contribution in [0, 0.1) is 5.92 Å². The summed E-state index contributed by atoms with van der Waals surface area (Å²) >= 11 is 3.79. The Kier molecular flexibility index (Phi) is 4.67. The largest absolute Gasteiger partial charge is 0.232 e. The Bertz CT molecular complexity index is 117. The van der Waals surface area contributed by atoms with Crippen LogP contribution in [0.2, 0.25) is 0 Å². The summed E-state index contributed by atoms with van der Waals surface area (Å²) in [7, 11) is 0. The molecule has 64 valence electrons. The van der Waals surface area contributed by atoms with Crippen molar-refractivity contribution in [3.8, 4) is 0 Å². The predicted octanol–water partition coefficient (Wildman–Crippen LogP) is 3.26. The standard InChI is InChI=1S/C9H17NS/c11-10-8-4-7-9-5-2-1-3-6-9/h8-9,11H,1-7H2/b10-8+. The van der Waals surface area contributed by atoms with Crippen LogP contribution in [0.3, 0.4) is 0 Å². The average Bonchev–Trinajstić information content (AvgIpc) is 2.07. The monoisotopic (exact) mass is 171 g/mol. The van der Waals surface area contributed by atoms with Gasteiger partial charge < -0.3 is 0 Å². The lowest BCUT2D eigenvalue weighted by molar-refractivity contribution is 0.344. The van der Waals surface area contributed by atoms with E-state index >= 15 is 0 Å². The zero-order chi connectivity index (χ0) is 7.94. The van der Waals surface area contributed by atoms with Crippen LogP contribution in [0.5, 0.6) is 0 Å². The highest BCUT2D eigenvalue weighted by Crippen LogP contribution is 2.26. The molecule has 11 heavy (non-hydrogen) atoms. The molecule has 0 unspecified atom stereocenters. The van der Waals surface area contributed by atoms with Gasteiger partial charge in [-0.2, -0.15) is 0 Å². The molecule has 1 saturated carbocycles. The van der Waals surface area contributed by atoms with E-state index in [4.69, 9.17) is 0 Å². The molecule has 0 N–H and O–H groups in total. The molecule has 0 amide bonds. The Labute approximate surface area is 74.8 Å². The molecule has 1 fully saturated rings. The predicted molar refractivity (Wildman–Crippen MR) is 53.3 cm³/mol. The molecule has 1 nitrogen and oxygen atoms in total. The van der Waals surface area contributed by atoms with Crippen LogP contribution >= 0.6 is 12.8 Å². The Balaban J connectivity index is 2.04. The second kappa shape index (κ2) is 5.64. The van der Waals surface area contributed by atoms with Gasteiger partial charge in [0.2, 0.25) is 0 Å². The van der Waals surface area contributed by atoms with Gasteiger partial charge in [-0.25, -0.2) is 4.40 Å². The SMILES string of the molecule is S/N=C/CCC1CCCCC1. The zero-order valence-corrected chi connectivity index (χ0v) is 7.89. The molecule has 0 spiro atoms. The molecule has 0 bridgehead atoms. The van der Waals surface area contributed by atoms with Crippen LogP contribution in [-0.4, -0.2) is 6.21 Å². The first-order valence-corrected chi connectivity index (χ1v) is 4.99. The Hall–Kier alpha value is 0.0200. The summed E-state index contributed by atoms with van der Waals surface area (Å²) in [4.78, 5) is 0. The van der Waals surface area contributed by atoms with Gasteiger partial charge in [0.25, 0.3) is 0 Å². The topological polar surface area (TPSA) is 12.4 Å². The summed E-state index contributed by atoms with van der Waals surface area (Å²) in [6, 6.07) is 0. The summed E-state index contributed by atoms with van der Waals surface area (Å²) in [5.41, 5.74) is 0. The molecule has 1 aliphatic rings. The molecule has 0 aliphatic heterocycles. The highest BCUT2D eigenvalue weighted by Gasteiger charge is 2.11. The van der Waals surface area contributed by atoms with Gasteiger partial charge in [0.05, 0.1) is 0 Å². The first-order chi connectivity index (χ1) is 5.43. The van der Waals surface area contributed by atoms with E-state index in [1.165, 1.54) is 38.5 Å². The van der Waals surface area contributed by atoms with Crippen molar-refractivity contribution in [3.63, 3.8) is 0 Å². The molecule has 0 saturated heterocycles. The first-order valence-electron chi connectivity index (χ1n) is 4.59. The third-order valence-electron chi connectivity index (χ3n) is 2.51. The summed E-state index contributed by atoms with van der Waals surface area (Å²) in [5, 5.41) is 0. The second-order valence-electron chi connectivity index (χ2n) is 3.38. The van der Waals surface area contributed by atoms with Crippen molar-refractivity contribution in [1.29, 1.82) is 0 Å². The van der Waals surface area contributed by atoms with Crippen molar-refractivity contribution in [2.45, 2.75) is 44.9 Å². The van der Waals surface area contributed by atoms with E-state index in [-0.39, 0.29) is 0 Å². The third-order valence-corrected chi connectivity index (χ3v) is 2.67. The molecular formula is C9H17NS. The Morgan fingerprint density at radius 3 is 2.64 bits per heavy atom. The minimum Gasteiger partial charge on any atom is -0.232 e. The van der Waals surface area contributed by atoms with Crippen LogP contribution in [0.1, 0.15) is 44.9 Å². The van der Waals surface area contributed by atoms with Crippen LogP contribution < -0.4 is 0 Å². The molecule has 0 radical (unpaired) electrons. The van der Waals surface area contributed by atoms with Crippen LogP contribution in [-0.2, 0) is 0 Å². The number of thiol groups is 1. The lowest BCUT2D eigenvalue weighted by atomic mass is 9.86. The molecule has 0 atom stereocenters. The Morgan fingerprint density at radius 2 is 2.00 bits per heavy atom. The quantitative estimate of drug-likeness (QED) is 0.494. The molecular weight excluding hydrogens is 154 g/mol. The fraction of sp³-hybridized carbons (Fsp3) is 0.889. The van der Waals surface area contributed by atoms with Crippen molar-refractivity contribution >= 4 is 19.0 Å². The maximum Gasteiger partial charge on any atom is 0.0123 e. The van der Waals surface area contributed by atoms with Crippen LogP contribution in [0.15, 0.2) is 4.40 Å². The molecule has 2 heteroatoms. The van der Waals surface area contributed by atoms with E-state index in [1.807, 2.05) is 6.21 Å². The smallest absolute Gasteiger partial charge is 0.0123 e.